The van der Waals surface area contributed by atoms with Crippen LogP contribution >= 0.6 is 11.6 Å². The second kappa shape index (κ2) is 7.64. The van der Waals surface area contributed by atoms with Crippen molar-refractivity contribution in [3.05, 3.63) is 34.9 Å². The van der Waals surface area contributed by atoms with Gasteiger partial charge in [0.25, 0.3) is 11.8 Å². The number of aliphatic hydroxyl groups excluding tert-OH is 1. The SMILES string of the molecule is CC(CO)c1noc(C2N=CN3c4ccc(Cl)cc4N(CC4CCCO4)C(=O)C23)n1. The second-order valence-electron chi connectivity index (χ2n) is 7.85. The Morgan fingerprint density at radius 3 is 3.00 bits per heavy atom. The van der Waals surface area contributed by atoms with Gasteiger partial charge in [-0.1, -0.05) is 23.7 Å². The zero-order chi connectivity index (χ0) is 20.8. The van der Waals surface area contributed by atoms with Gasteiger partial charge in [-0.15, -0.1) is 0 Å². The number of aliphatic hydroxyl groups is 1. The van der Waals surface area contributed by atoms with E-state index in [2.05, 4.69) is 15.1 Å². The number of hydrogen-bond donors (Lipinski definition) is 1. The highest BCUT2D eigenvalue weighted by atomic mass is 35.5. The Morgan fingerprint density at radius 2 is 2.23 bits per heavy atom. The molecular formula is C20H22ClN5O4. The van der Waals surface area contributed by atoms with Crippen LogP contribution in [0.15, 0.2) is 27.7 Å². The first-order valence-corrected chi connectivity index (χ1v) is 10.4. The number of aliphatic imine (C=N–C) groups is 1. The summed E-state index contributed by atoms with van der Waals surface area (Å²) < 4.78 is 11.2. The molecule has 4 unspecified atom stereocenters. The number of benzene rings is 1. The summed E-state index contributed by atoms with van der Waals surface area (Å²) in [6.45, 7) is 2.88. The molecule has 1 aromatic carbocycles. The van der Waals surface area contributed by atoms with Crippen molar-refractivity contribution in [1.29, 1.82) is 0 Å². The highest BCUT2D eigenvalue weighted by molar-refractivity contribution is 6.31. The minimum atomic E-state index is -0.627. The lowest BCUT2D eigenvalue weighted by atomic mass is 10.0. The molecule has 2 aromatic rings. The Kier molecular flexibility index (Phi) is 4.96. The summed E-state index contributed by atoms with van der Waals surface area (Å²) in [6, 6.07) is 4.24. The predicted molar refractivity (Wildman–Crippen MR) is 110 cm³/mol. The summed E-state index contributed by atoms with van der Waals surface area (Å²) in [7, 11) is 0. The standard InChI is InChI=1S/C20H22ClN5O4/c1-11(9-27)18-23-19(30-24-18)16-17-20(28)25(8-13-3-2-6-29-13)15-7-12(21)4-5-14(15)26(17)10-22-16/h4-5,7,10-11,13,16-17,27H,2-3,6,8-9H2,1H3. The molecule has 158 valence electrons. The molecule has 1 saturated heterocycles. The van der Waals surface area contributed by atoms with E-state index in [1.165, 1.54) is 0 Å². The van der Waals surface area contributed by atoms with Crippen LogP contribution in [-0.4, -0.2) is 59.4 Å². The third-order valence-corrected chi connectivity index (χ3v) is 6.05. The number of rotatable bonds is 5. The number of fused-ring (bicyclic) bond motifs is 3. The van der Waals surface area contributed by atoms with Gasteiger partial charge in [-0.25, -0.2) is 0 Å². The lowest BCUT2D eigenvalue weighted by molar-refractivity contribution is -0.120. The predicted octanol–water partition coefficient (Wildman–Crippen LogP) is 2.30. The van der Waals surface area contributed by atoms with Crippen LogP contribution in [0.5, 0.6) is 0 Å². The first-order chi connectivity index (χ1) is 14.6. The third kappa shape index (κ3) is 3.17. The first-order valence-electron chi connectivity index (χ1n) is 10.1. The number of carbonyl (C=O) groups is 1. The molecule has 9 nitrogen and oxygen atoms in total. The van der Waals surface area contributed by atoms with Gasteiger partial charge in [0.2, 0.25) is 0 Å². The quantitative estimate of drug-likeness (QED) is 0.774. The fourth-order valence-corrected chi connectivity index (χ4v) is 4.32. The van der Waals surface area contributed by atoms with Crippen LogP contribution in [0.25, 0.3) is 0 Å². The largest absolute Gasteiger partial charge is 0.396 e. The number of amides is 1. The van der Waals surface area contributed by atoms with Crippen LogP contribution in [0.3, 0.4) is 0 Å². The van der Waals surface area contributed by atoms with Crippen molar-refractivity contribution in [3.63, 3.8) is 0 Å². The van der Waals surface area contributed by atoms with Crippen molar-refractivity contribution in [1.82, 2.24) is 10.1 Å². The number of ether oxygens (including phenoxy) is 1. The van der Waals surface area contributed by atoms with Crippen molar-refractivity contribution in [2.75, 3.05) is 29.6 Å². The summed E-state index contributed by atoms with van der Waals surface area (Å²) in [5.74, 6) is 0.285. The smallest absolute Gasteiger partial charge is 0.254 e. The molecule has 1 aromatic heterocycles. The molecule has 1 N–H and O–H groups in total. The Morgan fingerprint density at radius 1 is 1.37 bits per heavy atom. The maximum Gasteiger partial charge on any atom is 0.254 e. The Balaban J connectivity index is 1.51. The Hall–Kier alpha value is -2.49. The molecule has 0 spiro atoms. The summed E-state index contributed by atoms with van der Waals surface area (Å²) in [5, 5.41) is 13.9. The number of halogens is 1. The number of hydrogen-bond acceptors (Lipinski definition) is 8. The van der Waals surface area contributed by atoms with E-state index in [-0.39, 0.29) is 30.4 Å². The van der Waals surface area contributed by atoms with Crippen LogP contribution in [0.4, 0.5) is 11.4 Å². The van der Waals surface area contributed by atoms with E-state index in [4.69, 9.17) is 20.9 Å². The van der Waals surface area contributed by atoms with Crippen molar-refractivity contribution in [3.8, 4) is 0 Å². The van der Waals surface area contributed by atoms with E-state index in [0.717, 1.165) is 24.2 Å². The van der Waals surface area contributed by atoms with Gasteiger partial charge in [0.15, 0.2) is 11.9 Å². The molecule has 1 amide bonds. The average molecular weight is 432 g/mol. The van der Waals surface area contributed by atoms with E-state index in [1.807, 2.05) is 11.0 Å². The Labute approximate surface area is 178 Å². The molecule has 4 heterocycles. The number of nitrogens with zero attached hydrogens (tertiary/aromatic N) is 5. The minimum absolute atomic E-state index is 0.00601. The molecule has 0 bridgehead atoms. The molecule has 3 aliphatic rings. The molecular weight excluding hydrogens is 410 g/mol. The average Bonchev–Trinajstić information content (AvgIpc) is 3.50. The van der Waals surface area contributed by atoms with Crippen molar-refractivity contribution < 1.29 is 19.2 Å². The number of carbonyl (C=O) groups excluding carboxylic acids is 1. The second-order valence-corrected chi connectivity index (χ2v) is 8.29. The van der Waals surface area contributed by atoms with Crippen LogP contribution in [-0.2, 0) is 9.53 Å². The molecule has 4 atom stereocenters. The molecule has 1 fully saturated rings. The fraction of sp³-hybridized carbons (Fsp3) is 0.500. The highest BCUT2D eigenvalue weighted by Gasteiger charge is 2.48. The van der Waals surface area contributed by atoms with Crippen molar-refractivity contribution in [2.45, 2.75) is 43.9 Å². The van der Waals surface area contributed by atoms with Gasteiger partial charge < -0.3 is 24.2 Å². The van der Waals surface area contributed by atoms with Gasteiger partial charge in [-0.05, 0) is 31.0 Å². The molecule has 0 radical (unpaired) electrons. The maximum atomic E-state index is 13.6. The van der Waals surface area contributed by atoms with E-state index >= 15 is 0 Å². The zero-order valence-electron chi connectivity index (χ0n) is 16.4. The van der Waals surface area contributed by atoms with Crippen LogP contribution in [0, 0.1) is 0 Å². The van der Waals surface area contributed by atoms with Crippen molar-refractivity contribution in [2.24, 2.45) is 4.99 Å². The molecule has 10 heteroatoms. The maximum absolute atomic E-state index is 13.6. The van der Waals surface area contributed by atoms with Gasteiger partial charge >= 0.3 is 0 Å². The van der Waals surface area contributed by atoms with Gasteiger partial charge in [-0.3, -0.25) is 9.79 Å². The van der Waals surface area contributed by atoms with E-state index in [0.29, 0.717) is 24.0 Å². The molecule has 0 aliphatic carbocycles. The first kappa shape index (κ1) is 19.5. The van der Waals surface area contributed by atoms with Crippen LogP contribution < -0.4 is 9.80 Å². The number of aromatic nitrogens is 2. The lowest BCUT2D eigenvalue weighted by Crippen LogP contribution is -2.54. The van der Waals surface area contributed by atoms with Gasteiger partial charge in [0.05, 0.1) is 37.0 Å². The molecule has 0 saturated carbocycles. The van der Waals surface area contributed by atoms with Crippen LogP contribution in [0.1, 0.15) is 43.4 Å². The fourth-order valence-electron chi connectivity index (χ4n) is 4.15. The summed E-state index contributed by atoms with van der Waals surface area (Å²) in [4.78, 5) is 26.1. The number of anilines is 2. The summed E-state index contributed by atoms with van der Waals surface area (Å²) in [6.07, 6.45) is 3.54. The topological polar surface area (TPSA) is 104 Å². The van der Waals surface area contributed by atoms with Crippen LogP contribution in [0.2, 0.25) is 5.02 Å². The zero-order valence-corrected chi connectivity index (χ0v) is 17.2. The van der Waals surface area contributed by atoms with E-state index in [1.54, 1.807) is 30.3 Å². The summed E-state index contributed by atoms with van der Waals surface area (Å²) in [5.41, 5.74) is 1.59. The molecule has 5 rings (SSSR count). The minimum Gasteiger partial charge on any atom is -0.396 e. The van der Waals surface area contributed by atoms with E-state index in [9.17, 15) is 9.90 Å². The van der Waals surface area contributed by atoms with Gasteiger partial charge in [0.1, 0.15) is 6.04 Å². The lowest BCUT2D eigenvalue weighted by Gasteiger charge is -2.40. The third-order valence-electron chi connectivity index (χ3n) is 5.81. The normalized spacial score (nSPS) is 26.2. The highest BCUT2D eigenvalue weighted by Crippen LogP contribution is 2.43. The monoisotopic (exact) mass is 431 g/mol. The summed E-state index contributed by atoms with van der Waals surface area (Å²) >= 11 is 6.24. The van der Waals surface area contributed by atoms with Gasteiger partial charge in [0, 0.05) is 17.5 Å². The molecule has 3 aliphatic heterocycles. The van der Waals surface area contributed by atoms with Crippen molar-refractivity contribution >= 4 is 35.2 Å². The molecule has 30 heavy (non-hydrogen) atoms. The van der Waals surface area contributed by atoms with E-state index < -0.39 is 12.1 Å². The van der Waals surface area contributed by atoms with Gasteiger partial charge in [-0.2, -0.15) is 4.98 Å². The Bertz CT molecular complexity index is 989.